The van der Waals surface area contributed by atoms with Gasteiger partial charge >= 0.3 is 12.2 Å². The van der Waals surface area contributed by atoms with Crippen molar-refractivity contribution in [2.75, 3.05) is 6.61 Å². The van der Waals surface area contributed by atoms with Gasteiger partial charge in [0.2, 0.25) is 0 Å². The Morgan fingerprint density at radius 2 is 1.78 bits per heavy atom. The molecule has 0 saturated heterocycles. The van der Waals surface area contributed by atoms with Crippen molar-refractivity contribution in [2.24, 2.45) is 5.73 Å². The fourth-order valence-electron chi connectivity index (χ4n) is 2.75. The molecular formula is C21H19F3N4O4. The lowest BCUT2D eigenvalue weighted by Crippen LogP contribution is -2.27. The second-order valence-electron chi connectivity index (χ2n) is 6.70. The van der Waals surface area contributed by atoms with E-state index >= 15 is 0 Å². The minimum atomic E-state index is -4.84. The first-order valence-electron chi connectivity index (χ1n) is 9.50. The van der Waals surface area contributed by atoms with E-state index in [2.05, 4.69) is 9.97 Å². The molecule has 3 rings (SSSR count). The number of nitrogens with two attached hydrogens (primary N) is 1. The number of pyridine rings is 1. The number of nitrogens with zero attached hydrogens (tertiary/aromatic N) is 2. The van der Waals surface area contributed by atoms with Crippen LogP contribution in [0.3, 0.4) is 0 Å². The maximum atomic E-state index is 13.4. The second kappa shape index (κ2) is 9.50. The number of carbonyl (C=O) groups excluding carboxylic acids is 1. The van der Waals surface area contributed by atoms with Gasteiger partial charge in [-0.05, 0) is 30.2 Å². The summed E-state index contributed by atoms with van der Waals surface area (Å²) in [5, 5.41) is 0. The molecule has 32 heavy (non-hydrogen) atoms. The SMILES string of the molecule is CCCOc1ncc(COc2ccc(-c3cc(C(N)=O)c(=O)[nH]c3C(F)(F)F)cc2)cn1. The summed E-state index contributed by atoms with van der Waals surface area (Å²) in [4.78, 5) is 33.0. The summed E-state index contributed by atoms with van der Waals surface area (Å²) in [5.41, 5.74) is 2.45. The molecule has 3 N–H and O–H groups in total. The van der Waals surface area contributed by atoms with Crippen LogP contribution in [-0.2, 0) is 12.8 Å². The van der Waals surface area contributed by atoms with Crippen molar-refractivity contribution in [1.82, 2.24) is 15.0 Å². The van der Waals surface area contributed by atoms with Gasteiger partial charge < -0.3 is 20.2 Å². The van der Waals surface area contributed by atoms with E-state index in [9.17, 15) is 22.8 Å². The molecule has 0 aliphatic heterocycles. The smallest absolute Gasteiger partial charge is 0.431 e. The van der Waals surface area contributed by atoms with Crippen molar-refractivity contribution in [3.05, 3.63) is 69.9 Å². The number of ether oxygens (including phenoxy) is 2. The molecule has 0 aliphatic rings. The van der Waals surface area contributed by atoms with E-state index in [1.54, 1.807) is 17.4 Å². The first-order valence-corrected chi connectivity index (χ1v) is 9.50. The Bertz CT molecular complexity index is 1140. The summed E-state index contributed by atoms with van der Waals surface area (Å²) < 4.78 is 51.1. The number of halogens is 3. The standard InChI is InChI=1S/C21H19F3N4O4/c1-2-7-31-20-26-9-12(10-27-20)11-32-14-5-3-13(4-6-14)15-8-16(18(25)29)19(30)28-17(15)21(22,23)24/h3-6,8-10H,2,7,11H2,1H3,(H2,25,29)(H,28,30). The number of alkyl halides is 3. The van der Waals surface area contributed by atoms with Crippen molar-refractivity contribution in [1.29, 1.82) is 0 Å². The Balaban J connectivity index is 1.79. The van der Waals surface area contributed by atoms with Crippen molar-refractivity contribution >= 4 is 5.91 Å². The number of benzene rings is 1. The van der Waals surface area contributed by atoms with Crippen LogP contribution in [0.15, 0.2) is 47.5 Å². The van der Waals surface area contributed by atoms with Gasteiger partial charge in [-0.1, -0.05) is 19.1 Å². The lowest BCUT2D eigenvalue weighted by atomic mass is 10.0. The number of carbonyl (C=O) groups is 1. The average molecular weight is 448 g/mol. The number of nitrogens with one attached hydrogen (secondary N) is 1. The Morgan fingerprint density at radius 3 is 2.34 bits per heavy atom. The highest BCUT2D eigenvalue weighted by molar-refractivity contribution is 5.94. The number of H-pyrrole nitrogens is 1. The number of aromatic amines is 1. The summed E-state index contributed by atoms with van der Waals surface area (Å²) in [6.07, 6.45) is -0.911. The fourth-order valence-corrected chi connectivity index (χ4v) is 2.75. The zero-order valence-corrected chi connectivity index (χ0v) is 16.9. The Morgan fingerprint density at radius 1 is 1.12 bits per heavy atom. The van der Waals surface area contributed by atoms with Gasteiger partial charge in [-0.3, -0.25) is 9.59 Å². The fraction of sp³-hybridized carbons (Fsp3) is 0.238. The first kappa shape index (κ1) is 22.8. The topological polar surface area (TPSA) is 120 Å². The Kier molecular flexibility index (Phi) is 6.76. The highest BCUT2D eigenvalue weighted by Crippen LogP contribution is 2.35. The third-order valence-corrected chi connectivity index (χ3v) is 4.28. The van der Waals surface area contributed by atoms with Gasteiger partial charge in [0.25, 0.3) is 11.5 Å². The first-order chi connectivity index (χ1) is 15.2. The van der Waals surface area contributed by atoms with Gasteiger partial charge in [-0.2, -0.15) is 13.2 Å². The van der Waals surface area contributed by atoms with Gasteiger partial charge in [0.1, 0.15) is 23.6 Å². The molecule has 0 radical (unpaired) electrons. The summed E-state index contributed by atoms with van der Waals surface area (Å²) in [5.74, 6) is -0.748. The van der Waals surface area contributed by atoms with Crippen LogP contribution in [0, 0.1) is 0 Å². The number of primary amides is 1. The molecule has 11 heteroatoms. The van der Waals surface area contributed by atoms with Gasteiger partial charge in [0.05, 0.1) is 6.61 Å². The van der Waals surface area contributed by atoms with E-state index in [0.717, 1.165) is 12.5 Å². The third kappa shape index (κ3) is 5.42. The van der Waals surface area contributed by atoms with Gasteiger partial charge in [-0.25, -0.2) is 9.97 Å². The van der Waals surface area contributed by atoms with Crippen LogP contribution in [0.2, 0.25) is 0 Å². The Hall–Kier alpha value is -3.89. The van der Waals surface area contributed by atoms with E-state index in [0.29, 0.717) is 17.9 Å². The summed E-state index contributed by atoms with van der Waals surface area (Å²) in [7, 11) is 0. The summed E-state index contributed by atoms with van der Waals surface area (Å²) >= 11 is 0. The van der Waals surface area contributed by atoms with Crippen LogP contribution >= 0.6 is 0 Å². The molecule has 0 bridgehead atoms. The maximum Gasteiger partial charge on any atom is 0.431 e. The average Bonchev–Trinajstić information content (AvgIpc) is 2.76. The van der Waals surface area contributed by atoms with E-state index in [4.69, 9.17) is 15.2 Å². The number of rotatable bonds is 8. The van der Waals surface area contributed by atoms with Crippen LogP contribution in [-0.4, -0.2) is 27.5 Å². The largest absolute Gasteiger partial charge is 0.489 e. The van der Waals surface area contributed by atoms with Crippen molar-refractivity contribution in [3.8, 4) is 22.9 Å². The molecule has 0 spiro atoms. The number of amides is 1. The van der Waals surface area contributed by atoms with Gasteiger partial charge in [0, 0.05) is 23.5 Å². The molecule has 168 valence electrons. The molecule has 1 amide bonds. The lowest BCUT2D eigenvalue weighted by molar-refractivity contribution is -0.140. The van der Waals surface area contributed by atoms with Crippen LogP contribution < -0.4 is 20.8 Å². The zero-order valence-electron chi connectivity index (χ0n) is 16.9. The van der Waals surface area contributed by atoms with E-state index in [1.165, 1.54) is 24.3 Å². The van der Waals surface area contributed by atoms with E-state index < -0.39 is 28.9 Å². The minimum absolute atomic E-state index is 0.115. The monoisotopic (exact) mass is 448 g/mol. The number of hydrogen-bond donors (Lipinski definition) is 2. The molecule has 2 aromatic heterocycles. The molecule has 2 heterocycles. The van der Waals surface area contributed by atoms with Crippen LogP contribution in [0.4, 0.5) is 13.2 Å². The Labute approximate surface area is 180 Å². The predicted octanol–water partition coefficient (Wildman–Crippen LogP) is 3.32. The number of hydrogen-bond acceptors (Lipinski definition) is 6. The zero-order chi connectivity index (χ0) is 23.3. The molecule has 1 aromatic carbocycles. The molecular weight excluding hydrogens is 429 g/mol. The molecule has 0 aliphatic carbocycles. The molecule has 0 fully saturated rings. The van der Waals surface area contributed by atoms with Crippen LogP contribution in [0.25, 0.3) is 11.1 Å². The quantitative estimate of drug-likeness (QED) is 0.546. The predicted molar refractivity (Wildman–Crippen MR) is 108 cm³/mol. The van der Waals surface area contributed by atoms with E-state index in [1.807, 2.05) is 6.92 Å². The summed E-state index contributed by atoms with van der Waals surface area (Å²) in [6, 6.07) is 6.77. The van der Waals surface area contributed by atoms with Gasteiger partial charge in [0.15, 0.2) is 0 Å². The molecule has 0 saturated carbocycles. The molecule has 0 atom stereocenters. The highest BCUT2D eigenvalue weighted by Gasteiger charge is 2.36. The van der Waals surface area contributed by atoms with Crippen molar-refractivity contribution < 1.29 is 27.4 Å². The normalized spacial score (nSPS) is 11.2. The molecule has 0 unspecified atom stereocenters. The van der Waals surface area contributed by atoms with Gasteiger partial charge in [-0.15, -0.1) is 0 Å². The number of aromatic nitrogens is 3. The van der Waals surface area contributed by atoms with Crippen LogP contribution in [0.5, 0.6) is 11.8 Å². The molecule has 8 nitrogen and oxygen atoms in total. The lowest BCUT2D eigenvalue weighted by Gasteiger charge is -2.14. The van der Waals surface area contributed by atoms with E-state index in [-0.39, 0.29) is 23.7 Å². The molecule has 3 aromatic rings. The highest BCUT2D eigenvalue weighted by atomic mass is 19.4. The third-order valence-electron chi connectivity index (χ3n) is 4.28. The maximum absolute atomic E-state index is 13.4. The van der Waals surface area contributed by atoms with Crippen molar-refractivity contribution in [2.45, 2.75) is 26.1 Å². The van der Waals surface area contributed by atoms with Crippen molar-refractivity contribution in [3.63, 3.8) is 0 Å². The minimum Gasteiger partial charge on any atom is -0.489 e. The summed E-state index contributed by atoms with van der Waals surface area (Å²) in [6.45, 7) is 2.60. The second-order valence-corrected chi connectivity index (χ2v) is 6.70. The van der Waals surface area contributed by atoms with Crippen LogP contribution in [0.1, 0.15) is 35.0 Å².